The van der Waals surface area contributed by atoms with Gasteiger partial charge in [-0.25, -0.2) is 0 Å². The van der Waals surface area contributed by atoms with E-state index in [1.54, 1.807) is 14.1 Å². The van der Waals surface area contributed by atoms with Crippen LogP contribution in [0.4, 0.5) is 0 Å². The minimum Gasteiger partial charge on any atom is -0.481 e. The number of halogens is 2. The van der Waals surface area contributed by atoms with Gasteiger partial charge in [0.25, 0.3) is 5.91 Å². The third-order valence-electron chi connectivity index (χ3n) is 2.48. The third-order valence-corrected chi connectivity index (χ3v) is 3.65. The number of hydrogen-bond donors (Lipinski definition) is 1. The smallest absolute Gasteiger partial charge is 0.259 e. The number of nitrogens with one attached hydrogen (secondary N) is 1. The molecule has 0 spiro atoms. The molecule has 0 heterocycles. The van der Waals surface area contributed by atoms with Crippen molar-refractivity contribution in [3.63, 3.8) is 0 Å². The van der Waals surface area contributed by atoms with Gasteiger partial charge in [0, 0.05) is 20.6 Å². The maximum atomic E-state index is 11.5. The van der Waals surface area contributed by atoms with Crippen LogP contribution in [0.15, 0.2) is 21.1 Å². The molecular weight excluding hydrogens is 376 g/mol. The summed E-state index contributed by atoms with van der Waals surface area (Å²) in [5, 5.41) is 3.26. The summed E-state index contributed by atoms with van der Waals surface area (Å²) >= 11 is 6.94. The first kappa shape index (κ1) is 16.5. The van der Waals surface area contributed by atoms with Crippen molar-refractivity contribution in [1.29, 1.82) is 0 Å². The van der Waals surface area contributed by atoms with E-state index in [0.29, 0.717) is 5.75 Å². The summed E-state index contributed by atoms with van der Waals surface area (Å²) in [5.74, 6) is 0.575. The van der Waals surface area contributed by atoms with Crippen LogP contribution in [0.5, 0.6) is 5.75 Å². The lowest BCUT2D eigenvalue weighted by molar-refractivity contribution is -0.130. The van der Waals surface area contributed by atoms with Gasteiger partial charge in [-0.05, 0) is 56.1 Å². The molecule has 1 aromatic rings. The molecule has 0 unspecified atom stereocenters. The predicted molar refractivity (Wildman–Crippen MR) is 83.4 cm³/mol. The minimum absolute atomic E-state index is 0.0246. The van der Waals surface area contributed by atoms with Gasteiger partial charge in [0.1, 0.15) is 5.75 Å². The Morgan fingerprint density at radius 3 is 2.37 bits per heavy atom. The SMILES string of the molecule is CCNCc1cc(Br)c(OCC(=O)N(C)C)c(Br)c1. The van der Waals surface area contributed by atoms with Crippen LogP contribution in [0.2, 0.25) is 0 Å². The number of hydrogen-bond acceptors (Lipinski definition) is 3. The van der Waals surface area contributed by atoms with Crippen molar-refractivity contribution in [2.45, 2.75) is 13.5 Å². The van der Waals surface area contributed by atoms with Crippen molar-refractivity contribution in [3.05, 3.63) is 26.6 Å². The van der Waals surface area contributed by atoms with Gasteiger partial charge in [-0.3, -0.25) is 4.79 Å². The van der Waals surface area contributed by atoms with E-state index in [9.17, 15) is 4.79 Å². The summed E-state index contributed by atoms with van der Waals surface area (Å²) in [6.45, 7) is 3.81. The quantitative estimate of drug-likeness (QED) is 0.807. The van der Waals surface area contributed by atoms with Gasteiger partial charge in [0.05, 0.1) is 8.95 Å². The molecule has 0 saturated carbocycles. The number of carbonyl (C=O) groups is 1. The summed E-state index contributed by atoms with van der Waals surface area (Å²) in [7, 11) is 3.41. The minimum atomic E-state index is -0.0736. The Balaban J connectivity index is 2.76. The van der Waals surface area contributed by atoms with E-state index < -0.39 is 0 Å². The zero-order valence-corrected chi connectivity index (χ0v) is 14.5. The van der Waals surface area contributed by atoms with Gasteiger partial charge < -0.3 is 15.0 Å². The maximum Gasteiger partial charge on any atom is 0.259 e. The fourth-order valence-corrected chi connectivity index (χ4v) is 2.89. The Morgan fingerprint density at radius 1 is 1.32 bits per heavy atom. The fourth-order valence-electron chi connectivity index (χ4n) is 1.38. The summed E-state index contributed by atoms with van der Waals surface area (Å²) < 4.78 is 7.21. The predicted octanol–water partition coefficient (Wildman–Crippen LogP) is 2.79. The molecule has 0 saturated heterocycles. The summed E-state index contributed by atoms with van der Waals surface area (Å²) in [5.41, 5.74) is 1.15. The Bertz CT molecular complexity index is 427. The molecule has 0 fully saturated rings. The highest BCUT2D eigenvalue weighted by Crippen LogP contribution is 2.34. The molecule has 19 heavy (non-hydrogen) atoms. The van der Waals surface area contributed by atoms with Crippen LogP contribution in [0.25, 0.3) is 0 Å². The van der Waals surface area contributed by atoms with E-state index >= 15 is 0 Å². The van der Waals surface area contributed by atoms with Crippen molar-refractivity contribution >= 4 is 37.8 Å². The number of likely N-dealkylation sites (N-methyl/N-ethyl adjacent to an activating group) is 1. The lowest BCUT2D eigenvalue weighted by atomic mass is 10.2. The molecule has 0 radical (unpaired) electrons. The van der Waals surface area contributed by atoms with Crippen molar-refractivity contribution < 1.29 is 9.53 Å². The largest absolute Gasteiger partial charge is 0.481 e. The molecule has 106 valence electrons. The molecule has 0 bridgehead atoms. The second-order valence-corrected chi connectivity index (χ2v) is 5.95. The van der Waals surface area contributed by atoms with Crippen molar-refractivity contribution in [1.82, 2.24) is 10.2 Å². The maximum absolute atomic E-state index is 11.5. The zero-order valence-electron chi connectivity index (χ0n) is 11.3. The summed E-state index contributed by atoms with van der Waals surface area (Å²) in [6.07, 6.45) is 0. The van der Waals surface area contributed by atoms with Crippen LogP contribution in [0.3, 0.4) is 0 Å². The Labute approximate surface area is 130 Å². The fraction of sp³-hybridized carbons (Fsp3) is 0.462. The molecular formula is C13H18Br2N2O2. The average Bonchev–Trinajstić information content (AvgIpc) is 2.34. The van der Waals surface area contributed by atoms with E-state index in [1.807, 2.05) is 12.1 Å². The van der Waals surface area contributed by atoms with E-state index in [1.165, 1.54) is 4.90 Å². The number of carbonyl (C=O) groups excluding carboxylic acids is 1. The van der Waals surface area contributed by atoms with Gasteiger partial charge >= 0.3 is 0 Å². The highest BCUT2D eigenvalue weighted by molar-refractivity contribution is 9.11. The number of benzene rings is 1. The first-order chi connectivity index (χ1) is 8.95. The molecule has 1 aromatic carbocycles. The molecule has 0 atom stereocenters. The van der Waals surface area contributed by atoms with Crippen LogP contribution in [-0.2, 0) is 11.3 Å². The number of ether oxygens (including phenoxy) is 1. The average molecular weight is 394 g/mol. The first-order valence-electron chi connectivity index (χ1n) is 5.97. The molecule has 0 aliphatic carbocycles. The van der Waals surface area contributed by atoms with Crippen molar-refractivity contribution in [2.24, 2.45) is 0 Å². The van der Waals surface area contributed by atoms with E-state index in [4.69, 9.17) is 4.74 Å². The third kappa shape index (κ3) is 5.12. The number of rotatable bonds is 6. The van der Waals surface area contributed by atoms with E-state index in [-0.39, 0.29) is 12.5 Å². The molecule has 0 aliphatic heterocycles. The molecule has 4 nitrogen and oxygen atoms in total. The van der Waals surface area contributed by atoms with Gasteiger partial charge in [0.2, 0.25) is 0 Å². The molecule has 1 amide bonds. The van der Waals surface area contributed by atoms with Crippen LogP contribution < -0.4 is 10.1 Å². The second kappa shape index (κ2) is 7.87. The van der Waals surface area contributed by atoms with Crippen molar-refractivity contribution in [2.75, 3.05) is 27.2 Å². The number of amides is 1. The summed E-state index contributed by atoms with van der Waals surface area (Å²) in [6, 6.07) is 3.98. The van der Waals surface area contributed by atoms with Gasteiger partial charge in [-0.15, -0.1) is 0 Å². The number of nitrogens with zero attached hydrogens (tertiary/aromatic N) is 1. The van der Waals surface area contributed by atoms with Crippen LogP contribution in [0, 0.1) is 0 Å². The molecule has 0 aromatic heterocycles. The highest BCUT2D eigenvalue weighted by atomic mass is 79.9. The molecule has 6 heteroatoms. The zero-order chi connectivity index (χ0) is 14.4. The first-order valence-corrected chi connectivity index (χ1v) is 7.55. The Hall–Kier alpha value is -0.590. The summed E-state index contributed by atoms with van der Waals surface area (Å²) in [4.78, 5) is 13.0. The molecule has 1 rings (SSSR count). The monoisotopic (exact) mass is 392 g/mol. The lowest BCUT2D eigenvalue weighted by Gasteiger charge is -2.14. The second-order valence-electron chi connectivity index (χ2n) is 4.25. The Morgan fingerprint density at radius 2 is 1.89 bits per heavy atom. The highest BCUT2D eigenvalue weighted by Gasteiger charge is 2.12. The lowest BCUT2D eigenvalue weighted by Crippen LogP contribution is -2.27. The van der Waals surface area contributed by atoms with Gasteiger partial charge in [-0.2, -0.15) is 0 Å². The van der Waals surface area contributed by atoms with Crippen LogP contribution >= 0.6 is 31.9 Å². The van der Waals surface area contributed by atoms with Gasteiger partial charge in [0.15, 0.2) is 6.61 Å². The molecule has 1 N–H and O–H groups in total. The van der Waals surface area contributed by atoms with Crippen LogP contribution in [-0.4, -0.2) is 38.1 Å². The normalized spacial score (nSPS) is 10.4. The Kier molecular flexibility index (Phi) is 6.82. The topological polar surface area (TPSA) is 41.6 Å². The van der Waals surface area contributed by atoms with Gasteiger partial charge in [-0.1, -0.05) is 6.92 Å². The standard InChI is InChI=1S/C13H18Br2N2O2/c1-4-16-7-9-5-10(14)13(11(15)6-9)19-8-12(18)17(2)3/h5-6,16H,4,7-8H2,1-3H3. The van der Waals surface area contributed by atoms with Crippen LogP contribution in [0.1, 0.15) is 12.5 Å². The van der Waals surface area contributed by atoms with Crippen molar-refractivity contribution in [3.8, 4) is 5.75 Å². The van der Waals surface area contributed by atoms with E-state index in [0.717, 1.165) is 27.6 Å². The molecule has 0 aliphatic rings. The van der Waals surface area contributed by atoms with E-state index in [2.05, 4.69) is 44.1 Å².